The molecule has 98 valence electrons. The minimum absolute atomic E-state index is 0.205. The summed E-state index contributed by atoms with van der Waals surface area (Å²) in [6.07, 6.45) is 0. The van der Waals surface area contributed by atoms with Gasteiger partial charge >= 0.3 is 5.97 Å². The van der Waals surface area contributed by atoms with E-state index in [0.717, 1.165) is 0 Å². The lowest BCUT2D eigenvalue weighted by molar-refractivity contribution is -0.146. The van der Waals surface area contributed by atoms with Gasteiger partial charge in [0.1, 0.15) is 5.82 Å². The highest BCUT2D eigenvalue weighted by Gasteiger charge is 2.26. The smallest absolute Gasteiger partial charge is 0.310 e. The van der Waals surface area contributed by atoms with Gasteiger partial charge in [0.15, 0.2) is 0 Å². The normalized spacial score (nSPS) is 11.1. The van der Waals surface area contributed by atoms with Crippen molar-refractivity contribution in [1.82, 2.24) is 4.98 Å². The highest BCUT2D eigenvalue weighted by Crippen LogP contribution is 2.17. The molecule has 0 saturated heterocycles. The van der Waals surface area contributed by atoms with Gasteiger partial charge in [-0.05, 0) is 32.9 Å². The van der Waals surface area contributed by atoms with E-state index in [2.05, 4.69) is 10.3 Å². The second-order valence-electron chi connectivity index (χ2n) is 4.79. The number of hydrogen-bond acceptors (Lipinski definition) is 4. The van der Waals surface area contributed by atoms with Gasteiger partial charge in [-0.3, -0.25) is 9.59 Å². The Kier molecular flexibility index (Phi) is 3.90. The third-order valence-electron chi connectivity index (χ3n) is 2.53. The average molecular weight is 251 g/mol. The van der Waals surface area contributed by atoms with Crippen LogP contribution in [0.2, 0.25) is 0 Å². The van der Waals surface area contributed by atoms with Gasteiger partial charge in [0.2, 0.25) is 5.91 Å². The van der Waals surface area contributed by atoms with Gasteiger partial charge in [-0.15, -0.1) is 0 Å². The number of aliphatic carboxylic acids is 1. The number of primary amides is 1. The van der Waals surface area contributed by atoms with E-state index in [0.29, 0.717) is 17.1 Å². The van der Waals surface area contributed by atoms with E-state index in [4.69, 9.17) is 10.8 Å². The van der Waals surface area contributed by atoms with Crippen LogP contribution in [0.15, 0.2) is 12.1 Å². The van der Waals surface area contributed by atoms with Gasteiger partial charge in [0, 0.05) is 17.8 Å². The lowest BCUT2D eigenvalue weighted by Crippen LogP contribution is -2.32. The monoisotopic (exact) mass is 251 g/mol. The fourth-order valence-corrected chi connectivity index (χ4v) is 1.29. The van der Waals surface area contributed by atoms with Crippen molar-refractivity contribution in [2.45, 2.75) is 20.8 Å². The van der Waals surface area contributed by atoms with Crippen molar-refractivity contribution in [3.8, 4) is 0 Å². The van der Waals surface area contributed by atoms with E-state index >= 15 is 0 Å². The zero-order chi connectivity index (χ0) is 13.9. The minimum atomic E-state index is -0.918. The summed E-state index contributed by atoms with van der Waals surface area (Å²) in [6.45, 7) is 5.15. The summed E-state index contributed by atoms with van der Waals surface area (Å²) >= 11 is 0. The van der Waals surface area contributed by atoms with E-state index < -0.39 is 17.3 Å². The number of carboxylic acid groups (broad SMARTS) is 1. The molecule has 1 aromatic heterocycles. The molecule has 0 aliphatic rings. The molecule has 0 saturated carbocycles. The Morgan fingerprint density at radius 2 is 2.06 bits per heavy atom. The number of pyridine rings is 1. The highest BCUT2D eigenvalue weighted by molar-refractivity contribution is 5.93. The summed E-state index contributed by atoms with van der Waals surface area (Å²) in [4.78, 5) is 26.2. The molecule has 0 fully saturated rings. The van der Waals surface area contributed by atoms with Crippen LogP contribution in [0.1, 0.15) is 29.9 Å². The Labute approximate surface area is 105 Å². The first kappa shape index (κ1) is 14.0. The van der Waals surface area contributed by atoms with Crippen molar-refractivity contribution in [2.24, 2.45) is 11.1 Å². The predicted octanol–water partition coefficient (Wildman–Crippen LogP) is 1.01. The number of anilines is 1. The van der Waals surface area contributed by atoms with Crippen molar-refractivity contribution in [3.05, 3.63) is 23.4 Å². The van der Waals surface area contributed by atoms with Crippen molar-refractivity contribution in [2.75, 3.05) is 11.9 Å². The molecule has 1 rings (SSSR count). The second-order valence-corrected chi connectivity index (χ2v) is 4.79. The number of nitrogens with one attached hydrogen (secondary N) is 1. The summed E-state index contributed by atoms with van der Waals surface area (Å²) in [5.41, 5.74) is 5.26. The fraction of sp³-hybridized carbons (Fsp3) is 0.417. The summed E-state index contributed by atoms with van der Waals surface area (Å²) in [6, 6.07) is 3.09. The van der Waals surface area contributed by atoms with Crippen molar-refractivity contribution in [3.63, 3.8) is 0 Å². The molecule has 1 heterocycles. The number of nitrogens with two attached hydrogens (primary N) is 1. The molecular weight excluding hydrogens is 234 g/mol. The number of nitrogens with zero attached hydrogens (tertiary/aromatic N) is 1. The zero-order valence-electron chi connectivity index (χ0n) is 10.7. The van der Waals surface area contributed by atoms with Crippen LogP contribution >= 0.6 is 0 Å². The van der Waals surface area contributed by atoms with Gasteiger partial charge in [0.05, 0.1) is 5.41 Å². The Morgan fingerprint density at radius 3 is 2.56 bits per heavy atom. The first-order chi connectivity index (χ1) is 8.22. The summed E-state index contributed by atoms with van der Waals surface area (Å²) < 4.78 is 0. The zero-order valence-corrected chi connectivity index (χ0v) is 10.7. The van der Waals surface area contributed by atoms with Crippen LogP contribution in [0.5, 0.6) is 0 Å². The molecule has 0 aromatic carbocycles. The molecule has 4 N–H and O–H groups in total. The first-order valence-corrected chi connectivity index (χ1v) is 5.48. The van der Waals surface area contributed by atoms with Gasteiger partial charge in [0.25, 0.3) is 0 Å². The third-order valence-corrected chi connectivity index (χ3v) is 2.53. The van der Waals surface area contributed by atoms with E-state index in [9.17, 15) is 9.59 Å². The number of aryl methyl sites for hydroxylation is 1. The molecule has 0 spiro atoms. The Bertz CT molecular complexity index is 483. The molecule has 6 nitrogen and oxygen atoms in total. The number of rotatable bonds is 5. The van der Waals surface area contributed by atoms with Crippen molar-refractivity contribution < 1.29 is 14.7 Å². The van der Waals surface area contributed by atoms with Gasteiger partial charge < -0.3 is 16.2 Å². The summed E-state index contributed by atoms with van der Waals surface area (Å²) in [5, 5.41) is 11.9. The molecule has 1 amide bonds. The highest BCUT2D eigenvalue weighted by atomic mass is 16.4. The number of amides is 1. The Morgan fingerprint density at radius 1 is 1.44 bits per heavy atom. The van der Waals surface area contributed by atoms with Crippen LogP contribution in [-0.2, 0) is 4.79 Å². The maximum Gasteiger partial charge on any atom is 0.310 e. The fourth-order valence-electron chi connectivity index (χ4n) is 1.29. The van der Waals surface area contributed by atoms with Crippen LogP contribution < -0.4 is 11.1 Å². The van der Waals surface area contributed by atoms with E-state index in [-0.39, 0.29) is 6.54 Å². The van der Waals surface area contributed by atoms with E-state index in [1.807, 2.05) is 0 Å². The molecule has 0 aliphatic carbocycles. The van der Waals surface area contributed by atoms with Gasteiger partial charge in [-0.25, -0.2) is 4.98 Å². The summed E-state index contributed by atoms with van der Waals surface area (Å²) in [5.74, 6) is -1.00. The molecular formula is C12H17N3O3. The standard InChI is InChI=1S/C12H17N3O3/c1-7-4-8(10(13)16)5-9(15-7)14-6-12(2,3)11(17)18/h4-5H,6H2,1-3H3,(H2,13,16)(H,14,15)(H,17,18). The van der Waals surface area contributed by atoms with Gasteiger partial charge in [-0.2, -0.15) is 0 Å². The molecule has 0 radical (unpaired) electrons. The molecule has 0 unspecified atom stereocenters. The lowest BCUT2D eigenvalue weighted by Gasteiger charge is -2.20. The van der Waals surface area contributed by atoms with Gasteiger partial charge in [-0.1, -0.05) is 0 Å². The number of aromatic nitrogens is 1. The van der Waals surface area contributed by atoms with Crippen LogP contribution in [0, 0.1) is 12.3 Å². The molecule has 0 atom stereocenters. The van der Waals surface area contributed by atoms with Crippen molar-refractivity contribution in [1.29, 1.82) is 0 Å². The topological polar surface area (TPSA) is 105 Å². The van der Waals surface area contributed by atoms with Crippen LogP contribution in [-0.4, -0.2) is 28.5 Å². The lowest BCUT2D eigenvalue weighted by atomic mass is 9.94. The number of carbonyl (C=O) groups excluding carboxylic acids is 1. The quantitative estimate of drug-likeness (QED) is 0.724. The van der Waals surface area contributed by atoms with Crippen LogP contribution in [0.25, 0.3) is 0 Å². The Balaban J connectivity index is 2.86. The molecule has 18 heavy (non-hydrogen) atoms. The first-order valence-electron chi connectivity index (χ1n) is 5.48. The number of carboxylic acids is 1. The summed E-state index contributed by atoms with van der Waals surface area (Å²) in [7, 11) is 0. The Hall–Kier alpha value is -2.11. The van der Waals surface area contributed by atoms with Crippen molar-refractivity contribution >= 4 is 17.7 Å². The second kappa shape index (κ2) is 5.03. The minimum Gasteiger partial charge on any atom is -0.481 e. The van der Waals surface area contributed by atoms with Crippen LogP contribution in [0.3, 0.4) is 0 Å². The molecule has 1 aromatic rings. The number of hydrogen-bond donors (Lipinski definition) is 3. The van der Waals surface area contributed by atoms with E-state index in [1.165, 1.54) is 6.07 Å². The molecule has 0 aliphatic heterocycles. The molecule has 6 heteroatoms. The predicted molar refractivity (Wildman–Crippen MR) is 67.4 cm³/mol. The maximum atomic E-state index is 11.1. The largest absolute Gasteiger partial charge is 0.481 e. The van der Waals surface area contributed by atoms with Crippen LogP contribution in [0.4, 0.5) is 5.82 Å². The molecule has 0 bridgehead atoms. The third kappa shape index (κ3) is 3.44. The van der Waals surface area contributed by atoms with E-state index in [1.54, 1.807) is 26.8 Å². The average Bonchev–Trinajstić information content (AvgIpc) is 2.25. The SMILES string of the molecule is Cc1cc(C(N)=O)cc(NCC(C)(C)C(=O)O)n1. The maximum absolute atomic E-state index is 11.1. The number of carbonyl (C=O) groups is 2.